The molecule has 0 saturated carbocycles. The van der Waals surface area contributed by atoms with Crippen molar-refractivity contribution < 1.29 is 4.42 Å². The molecule has 0 saturated heterocycles. The third-order valence-corrected chi connectivity index (χ3v) is 11.0. The van der Waals surface area contributed by atoms with Crippen LogP contribution in [0.25, 0.3) is 104 Å². The number of fused-ring (bicyclic) bond motifs is 13. The highest BCUT2D eigenvalue weighted by Gasteiger charge is 2.22. The molecule has 0 aliphatic rings. The summed E-state index contributed by atoms with van der Waals surface area (Å²) in [5, 5.41) is 9.69. The summed E-state index contributed by atoms with van der Waals surface area (Å²) in [6.45, 7) is 0. The molecule has 242 valence electrons. The van der Waals surface area contributed by atoms with Crippen LogP contribution < -0.4 is 0 Å². The number of nitrogens with zero attached hydrogens (tertiary/aromatic N) is 3. The molecule has 12 aromatic rings. The highest BCUT2D eigenvalue weighted by molar-refractivity contribution is 6.26. The molecule has 4 nitrogen and oxygen atoms in total. The summed E-state index contributed by atoms with van der Waals surface area (Å²) in [7, 11) is 0. The summed E-state index contributed by atoms with van der Waals surface area (Å²) in [6.07, 6.45) is 0. The Morgan fingerprint density at radius 3 is 1.62 bits per heavy atom. The fourth-order valence-corrected chi connectivity index (χ4v) is 8.86. The molecule has 0 radical (unpaired) electrons. The number of hydrogen-bond acceptors (Lipinski definition) is 1. The van der Waals surface area contributed by atoms with Crippen molar-refractivity contribution in [2.24, 2.45) is 0 Å². The number of hydrogen-bond donors (Lipinski definition) is 0. The topological polar surface area (TPSA) is 27.9 Å². The van der Waals surface area contributed by atoms with Gasteiger partial charge >= 0.3 is 0 Å². The van der Waals surface area contributed by atoms with Crippen LogP contribution >= 0.6 is 0 Å². The Labute approximate surface area is 297 Å². The van der Waals surface area contributed by atoms with E-state index in [1.807, 2.05) is 12.1 Å². The van der Waals surface area contributed by atoms with Gasteiger partial charge in [-0.05, 0) is 78.9 Å². The molecule has 4 aromatic heterocycles. The lowest BCUT2D eigenvalue weighted by atomic mass is 10.1. The summed E-state index contributed by atoms with van der Waals surface area (Å²) in [5.41, 5.74) is 12.4. The van der Waals surface area contributed by atoms with Crippen LogP contribution in [0.3, 0.4) is 0 Å². The maximum Gasteiger partial charge on any atom is 0.135 e. The Balaban J connectivity index is 1.19. The summed E-state index contributed by atoms with van der Waals surface area (Å²) < 4.78 is 13.5. The first kappa shape index (κ1) is 27.7. The van der Waals surface area contributed by atoms with E-state index in [0.29, 0.717) is 0 Å². The van der Waals surface area contributed by atoms with Crippen LogP contribution in [0.2, 0.25) is 0 Å². The number of benzene rings is 8. The minimum absolute atomic E-state index is 0.900. The average molecular weight is 664 g/mol. The van der Waals surface area contributed by atoms with Crippen molar-refractivity contribution in [3.63, 3.8) is 0 Å². The van der Waals surface area contributed by atoms with Crippen molar-refractivity contribution in [3.05, 3.63) is 176 Å². The van der Waals surface area contributed by atoms with Gasteiger partial charge in [0, 0.05) is 60.2 Å². The average Bonchev–Trinajstić information content (AvgIpc) is 3.94. The van der Waals surface area contributed by atoms with Crippen LogP contribution in [0, 0.1) is 0 Å². The standard InChI is InChI=1S/C48H29N3O/c1-2-12-30(13-3-1)49-40-18-8-5-15-34(40)38-28-32(22-25-43(38)49)51-41-19-9-4-14-33(41)36-24-26-44-47(48(36)51)37-17-6-10-20-42(37)50(44)31-23-27-46-39(29-31)35-16-7-11-21-45(35)52-46/h1-29H. The van der Waals surface area contributed by atoms with Crippen LogP contribution in [-0.2, 0) is 0 Å². The smallest absolute Gasteiger partial charge is 0.135 e. The zero-order chi connectivity index (χ0) is 33.9. The van der Waals surface area contributed by atoms with E-state index >= 15 is 0 Å². The molecule has 0 aliphatic heterocycles. The van der Waals surface area contributed by atoms with Crippen LogP contribution in [-0.4, -0.2) is 13.7 Å². The van der Waals surface area contributed by atoms with Crippen LogP contribution in [0.1, 0.15) is 0 Å². The number of para-hydroxylation sites is 5. The first-order valence-corrected chi connectivity index (χ1v) is 17.8. The third-order valence-electron chi connectivity index (χ3n) is 11.0. The highest BCUT2D eigenvalue weighted by Crippen LogP contribution is 2.43. The monoisotopic (exact) mass is 663 g/mol. The van der Waals surface area contributed by atoms with Crippen molar-refractivity contribution in [1.29, 1.82) is 0 Å². The van der Waals surface area contributed by atoms with Crippen molar-refractivity contribution in [2.45, 2.75) is 0 Å². The lowest BCUT2D eigenvalue weighted by Gasteiger charge is -2.11. The summed E-state index contributed by atoms with van der Waals surface area (Å²) in [4.78, 5) is 0. The lowest BCUT2D eigenvalue weighted by Crippen LogP contribution is -1.96. The molecule has 0 fully saturated rings. The molecule has 0 atom stereocenters. The molecule has 4 heterocycles. The van der Waals surface area contributed by atoms with Crippen molar-refractivity contribution >= 4 is 87.4 Å². The molecule has 8 aromatic carbocycles. The molecule has 52 heavy (non-hydrogen) atoms. The Morgan fingerprint density at radius 2 is 0.808 bits per heavy atom. The summed E-state index contributed by atoms with van der Waals surface area (Å²) in [6, 6.07) is 63.6. The second kappa shape index (κ2) is 10.3. The van der Waals surface area contributed by atoms with Crippen molar-refractivity contribution in [2.75, 3.05) is 0 Å². The molecular weight excluding hydrogens is 635 g/mol. The first-order chi connectivity index (χ1) is 25.8. The molecule has 0 unspecified atom stereocenters. The van der Waals surface area contributed by atoms with Gasteiger partial charge in [0.05, 0.1) is 33.1 Å². The second-order valence-corrected chi connectivity index (χ2v) is 13.7. The predicted octanol–water partition coefficient (Wildman–Crippen LogP) is 12.9. The molecule has 0 N–H and O–H groups in total. The molecular formula is C48H29N3O. The molecule has 0 spiro atoms. The van der Waals surface area contributed by atoms with E-state index in [-0.39, 0.29) is 0 Å². The van der Waals surface area contributed by atoms with Crippen LogP contribution in [0.15, 0.2) is 180 Å². The van der Waals surface area contributed by atoms with Gasteiger partial charge < -0.3 is 18.1 Å². The van der Waals surface area contributed by atoms with Gasteiger partial charge in [0.2, 0.25) is 0 Å². The maximum atomic E-state index is 6.23. The Bertz CT molecular complexity index is 3410. The zero-order valence-corrected chi connectivity index (χ0v) is 28.0. The lowest BCUT2D eigenvalue weighted by molar-refractivity contribution is 0.669. The van der Waals surface area contributed by atoms with Crippen molar-refractivity contribution in [1.82, 2.24) is 13.7 Å². The van der Waals surface area contributed by atoms with Crippen LogP contribution in [0.4, 0.5) is 0 Å². The van der Waals surface area contributed by atoms with Crippen LogP contribution in [0.5, 0.6) is 0 Å². The van der Waals surface area contributed by atoms with Gasteiger partial charge in [-0.15, -0.1) is 0 Å². The Kier molecular flexibility index (Phi) is 5.47. The fourth-order valence-electron chi connectivity index (χ4n) is 8.86. The largest absolute Gasteiger partial charge is 0.456 e. The van der Waals surface area contributed by atoms with Gasteiger partial charge in [0.25, 0.3) is 0 Å². The highest BCUT2D eigenvalue weighted by atomic mass is 16.3. The van der Waals surface area contributed by atoms with Gasteiger partial charge in [0.15, 0.2) is 0 Å². The van der Waals surface area contributed by atoms with Gasteiger partial charge in [-0.1, -0.05) is 97.1 Å². The normalized spacial score (nSPS) is 12.2. The predicted molar refractivity (Wildman–Crippen MR) is 217 cm³/mol. The summed E-state index contributed by atoms with van der Waals surface area (Å²) >= 11 is 0. The van der Waals surface area contributed by atoms with Gasteiger partial charge in [0.1, 0.15) is 11.2 Å². The number of rotatable bonds is 3. The van der Waals surface area contributed by atoms with E-state index in [4.69, 9.17) is 4.42 Å². The minimum Gasteiger partial charge on any atom is -0.456 e. The Morgan fingerprint density at radius 1 is 0.288 bits per heavy atom. The second-order valence-electron chi connectivity index (χ2n) is 13.7. The van der Waals surface area contributed by atoms with E-state index in [1.165, 1.54) is 65.4 Å². The molecule has 12 rings (SSSR count). The van der Waals surface area contributed by atoms with E-state index in [9.17, 15) is 0 Å². The molecule has 0 bridgehead atoms. The number of furan rings is 1. The zero-order valence-electron chi connectivity index (χ0n) is 28.0. The molecule has 0 aliphatic carbocycles. The maximum absolute atomic E-state index is 6.23. The van der Waals surface area contributed by atoms with Crippen molar-refractivity contribution in [3.8, 4) is 17.1 Å². The number of aromatic nitrogens is 3. The van der Waals surface area contributed by atoms with E-state index < -0.39 is 0 Å². The summed E-state index contributed by atoms with van der Waals surface area (Å²) in [5.74, 6) is 0. The van der Waals surface area contributed by atoms with Gasteiger partial charge in [-0.2, -0.15) is 0 Å². The molecule has 4 heteroatoms. The van der Waals surface area contributed by atoms with E-state index in [2.05, 4.69) is 177 Å². The minimum atomic E-state index is 0.900. The van der Waals surface area contributed by atoms with Gasteiger partial charge in [-0.3, -0.25) is 0 Å². The third kappa shape index (κ3) is 3.65. The van der Waals surface area contributed by atoms with Gasteiger partial charge in [-0.25, -0.2) is 0 Å². The fraction of sp³-hybridized carbons (Fsp3) is 0. The SMILES string of the molecule is c1ccc(-n2c3ccccc3c3cc(-n4c5ccccc5c5ccc6c(c7ccccc7n6-c6ccc7oc8ccccc8c7c6)c54)ccc32)cc1. The van der Waals surface area contributed by atoms with E-state index in [0.717, 1.165) is 39.0 Å². The Hall–Kier alpha value is -7.04. The van der Waals surface area contributed by atoms with E-state index in [1.54, 1.807) is 0 Å². The first-order valence-electron chi connectivity index (χ1n) is 17.8. The quantitative estimate of drug-likeness (QED) is 0.185. The molecule has 0 amide bonds.